The SMILES string of the molecule is CC(C)(CNc1ncc(C#N)cc1N)NS(C)(=O)=O. The van der Waals surface area contributed by atoms with Crippen molar-refractivity contribution in [2.45, 2.75) is 19.4 Å². The number of sulfonamides is 1. The molecule has 0 fully saturated rings. The molecule has 0 spiro atoms. The Kier molecular flexibility index (Phi) is 4.34. The van der Waals surface area contributed by atoms with Crippen LogP contribution in [0.3, 0.4) is 0 Å². The second-order valence-corrected chi connectivity index (χ2v) is 6.63. The molecule has 7 nitrogen and oxygen atoms in total. The molecule has 0 aliphatic heterocycles. The number of nitrogens with zero attached hydrogens (tertiary/aromatic N) is 2. The van der Waals surface area contributed by atoms with Crippen molar-refractivity contribution < 1.29 is 8.42 Å². The van der Waals surface area contributed by atoms with E-state index in [4.69, 9.17) is 11.0 Å². The Morgan fingerprint density at radius 2 is 2.16 bits per heavy atom. The second-order valence-electron chi connectivity index (χ2n) is 4.89. The van der Waals surface area contributed by atoms with E-state index in [-0.39, 0.29) is 0 Å². The molecule has 0 saturated heterocycles. The van der Waals surface area contributed by atoms with Gasteiger partial charge in [-0.05, 0) is 19.9 Å². The van der Waals surface area contributed by atoms with Gasteiger partial charge in [-0.2, -0.15) is 5.26 Å². The average molecular weight is 283 g/mol. The number of anilines is 2. The molecule has 0 saturated carbocycles. The van der Waals surface area contributed by atoms with Gasteiger partial charge in [0.15, 0.2) is 0 Å². The maximum atomic E-state index is 11.2. The number of hydrogen-bond donors (Lipinski definition) is 3. The molecular formula is C11H17N5O2S. The summed E-state index contributed by atoms with van der Waals surface area (Å²) in [7, 11) is -3.29. The zero-order valence-electron chi connectivity index (χ0n) is 11.1. The molecule has 4 N–H and O–H groups in total. The Bertz CT molecular complexity index is 604. The van der Waals surface area contributed by atoms with E-state index in [0.717, 1.165) is 6.26 Å². The first-order valence-electron chi connectivity index (χ1n) is 5.51. The first-order valence-corrected chi connectivity index (χ1v) is 7.40. The lowest BCUT2D eigenvalue weighted by Crippen LogP contribution is -2.47. The Hall–Kier alpha value is -1.85. The Labute approximate surface area is 112 Å². The topological polar surface area (TPSA) is 121 Å². The molecule has 104 valence electrons. The van der Waals surface area contributed by atoms with Gasteiger partial charge in [0, 0.05) is 18.3 Å². The van der Waals surface area contributed by atoms with E-state index in [0.29, 0.717) is 23.6 Å². The number of rotatable bonds is 5. The Balaban J connectivity index is 2.75. The van der Waals surface area contributed by atoms with Crippen LogP contribution in [-0.4, -0.2) is 31.7 Å². The summed E-state index contributed by atoms with van der Waals surface area (Å²) in [5, 5.41) is 11.7. The van der Waals surface area contributed by atoms with Gasteiger partial charge in [0.25, 0.3) is 0 Å². The monoisotopic (exact) mass is 283 g/mol. The van der Waals surface area contributed by atoms with Crippen molar-refractivity contribution in [3.8, 4) is 6.07 Å². The summed E-state index contributed by atoms with van der Waals surface area (Å²) in [6.45, 7) is 3.78. The summed E-state index contributed by atoms with van der Waals surface area (Å²) >= 11 is 0. The molecule has 1 heterocycles. The van der Waals surface area contributed by atoms with Crippen LogP contribution in [0.15, 0.2) is 12.3 Å². The molecule has 0 aliphatic carbocycles. The summed E-state index contributed by atoms with van der Waals surface area (Å²) < 4.78 is 24.9. The third kappa shape index (κ3) is 5.11. The molecule has 19 heavy (non-hydrogen) atoms. The molecule has 0 radical (unpaired) electrons. The van der Waals surface area contributed by atoms with Crippen molar-refractivity contribution in [1.29, 1.82) is 5.26 Å². The highest BCUT2D eigenvalue weighted by Crippen LogP contribution is 2.17. The zero-order valence-corrected chi connectivity index (χ0v) is 11.9. The Morgan fingerprint density at radius 1 is 1.53 bits per heavy atom. The molecule has 0 aromatic carbocycles. The van der Waals surface area contributed by atoms with Crippen LogP contribution in [0, 0.1) is 11.3 Å². The molecule has 0 amide bonds. The van der Waals surface area contributed by atoms with Crippen LogP contribution in [0.1, 0.15) is 19.4 Å². The molecular weight excluding hydrogens is 266 g/mol. The molecule has 0 aliphatic rings. The first kappa shape index (κ1) is 15.2. The minimum absolute atomic E-state index is 0.309. The molecule has 1 aromatic heterocycles. The van der Waals surface area contributed by atoms with Crippen LogP contribution in [0.25, 0.3) is 0 Å². The van der Waals surface area contributed by atoms with Crippen molar-refractivity contribution in [3.05, 3.63) is 17.8 Å². The van der Waals surface area contributed by atoms with Gasteiger partial charge in [-0.1, -0.05) is 0 Å². The highest BCUT2D eigenvalue weighted by molar-refractivity contribution is 7.88. The quantitative estimate of drug-likeness (QED) is 0.713. The van der Waals surface area contributed by atoms with Crippen molar-refractivity contribution >= 4 is 21.5 Å². The maximum Gasteiger partial charge on any atom is 0.209 e. The lowest BCUT2D eigenvalue weighted by atomic mass is 10.1. The van der Waals surface area contributed by atoms with Crippen LogP contribution in [0.2, 0.25) is 0 Å². The number of nitrogens with two attached hydrogens (primary N) is 1. The van der Waals surface area contributed by atoms with E-state index in [2.05, 4.69) is 15.0 Å². The number of nitrogen functional groups attached to an aromatic ring is 1. The number of hydrogen-bond acceptors (Lipinski definition) is 6. The molecule has 8 heteroatoms. The van der Waals surface area contributed by atoms with Gasteiger partial charge >= 0.3 is 0 Å². The van der Waals surface area contributed by atoms with Crippen molar-refractivity contribution in [2.24, 2.45) is 0 Å². The van der Waals surface area contributed by atoms with Gasteiger partial charge in [-0.3, -0.25) is 0 Å². The van der Waals surface area contributed by atoms with Crippen LogP contribution in [-0.2, 0) is 10.0 Å². The smallest absolute Gasteiger partial charge is 0.209 e. The van der Waals surface area contributed by atoms with E-state index in [1.807, 2.05) is 6.07 Å². The minimum atomic E-state index is -3.29. The third-order valence-corrected chi connectivity index (χ3v) is 3.13. The second kappa shape index (κ2) is 5.42. The van der Waals surface area contributed by atoms with Gasteiger partial charge in [-0.25, -0.2) is 18.1 Å². The maximum absolute atomic E-state index is 11.2. The fourth-order valence-corrected chi connectivity index (χ4v) is 2.61. The normalized spacial score (nSPS) is 11.9. The van der Waals surface area contributed by atoms with Crippen LogP contribution >= 0.6 is 0 Å². The van der Waals surface area contributed by atoms with E-state index in [1.54, 1.807) is 13.8 Å². The van der Waals surface area contributed by atoms with Crippen LogP contribution in [0.4, 0.5) is 11.5 Å². The predicted octanol–water partition coefficient (Wildman–Crippen LogP) is 0.275. The van der Waals surface area contributed by atoms with Gasteiger partial charge in [0.2, 0.25) is 10.0 Å². The zero-order chi connectivity index (χ0) is 14.7. The molecule has 1 aromatic rings. The van der Waals surface area contributed by atoms with Gasteiger partial charge in [-0.15, -0.1) is 0 Å². The number of nitrogens with one attached hydrogen (secondary N) is 2. The highest BCUT2D eigenvalue weighted by Gasteiger charge is 2.22. The van der Waals surface area contributed by atoms with E-state index in [1.165, 1.54) is 12.3 Å². The Morgan fingerprint density at radius 3 is 2.63 bits per heavy atom. The summed E-state index contributed by atoms with van der Waals surface area (Å²) in [5.74, 6) is 0.419. The number of nitriles is 1. The predicted molar refractivity (Wildman–Crippen MR) is 73.9 cm³/mol. The lowest BCUT2D eigenvalue weighted by molar-refractivity contribution is 0.476. The first-order chi connectivity index (χ1) is 8.63. The summed E-state index contributed by atoms with van der Waals surface area (Å²) in [4.78, 5) is 4.01. The molecule has 0 bridgehead atoms. The van der Waals surface area contributed by atoms with Crippen molar-refractivity contribution in [3.63, 3.8) is 0 Å². The fourth-order valence-electron chi connectivity index (χ4n) is 1.53. The number of pyridine rings is 1. The van der Waals surface area contributed by atoms with Crippen molar-refractivity contribution in [2.75, 3.05) is 23.9 Å². The van der Waals surface area contributed by atoms with Crippen LogP contribution in [0.5, 0.6) is 0 Å². The molecule has 0 atom stereocenters. The summed E-state index contributed by atoms with van der Waals surface area (Å²) in [5.41, 5.74) is 5.77. The van der Waals surface area contributed by atoms with Gasteiger partial charge in [0.05, 0.1) is 17.5 Å². The molecule has 0 unspecified atom stereocenters. The van der Waals surface area contributed by atoms with Crippen molar-refractivity contribution in [1.82, 2.24) is 9.71 Å². The van der Waals surface area contributed by atoms with E-state index >= 15 is 0 Å². The van der Waals surface area contributed by atoms with E-state index < -0.39 is 15.6 Å². The van der Waals surface area contributed by atoms with Gasteiger partial charge < -0.3 is 11.1 Å². The van der Waals surface area contributed by atoms with E-state index in [9.17, 15) is 8.42 Å². The number of aromatic nitrogens is 1. The van der Waals surface area contributed by atoms with Crippen LogP contribution < -0.4 is 15.8 Å². The minimum Gasteiger partial charge on any atom is -0.396 e. The summed E-state index contributed by atoms with van der Waals surface area (Å²) in [6.07, 6.45) is 2.50. The third-order valence-electron chi connectivity index (χ3n) is 2.21. The largest absolute Gasteiger partial charge is 0.396 e. The highest BCUT2D eigenvalue weighted by atomic mass is 32.2. The lowest BCUT2D eigenvalue weighted by Gasteiger charge is -2.25. The standard InChI is InChI=1S/C11H17N5O2S/c1-11(2,16-19(3,17)18)7-15-10-9(13)4-8(5-12)6-14-10/h4,6,16H,7,13H2,1-3H3,(H,14,15). The van der Waals surface area contributed by atoms with Gasteiger partial charge in [0.1, 0.15) is 11.9 Å². The summed E-state index contributed by atoms with van der Waals surface area (Å²) in [6, 6.07) is 3.44. The molecule has 1 rings (SSSR count). The fraction of sp³-hybridized carbons (Fsp3) is 0.455. The average Bonchev–Trinajstić information content (AvgIpc) is 2.24.